The first-order chi connectivity index (χ1) is 17.7. The van der Waals surface area contributed by atoms with E-state index >= 15 is 0 Å². The van der Waals surface area contributed by atoms with Gasteiger partial charge in [0.2, 0.25) is 0 Å². The van der Waals surface area contributed by atoms with E-state index in [0.29, 0.717) is 21.8 Å². The van der Waals surface area contributed by atoms with E-state index in [2.05, 4.69) is 66.1 Å². The number of nitrogens with one attached hydrogen (secondary N) is 1. The number of halogens is 1. The van der Waals surface area contributed by atoms with Crippen molar-refractivity contribution in [2.24, 2.45) is 11.7 Å². The highest BCUT2D eigenvalue weighted by Crippen LogP contribution is 2.39. The number of benzene rings is 2. The summed E-state index contributed by atoms with van der Waals surface area (Å²) in [6, 6.07) is 12.6. The van der Waals surface area contributed by atoms with Crippen molar-refractivity contribution in [3.63, 3.8) is 0 Å². The van der Waals surface area contributed by atoms with Crippen LogP contribution in [-0.2, 0) is 19.4 Å². The molecule has 6 nitrogen and oxygen atoms in total. The van der Waals surface area contributed by atoms with Crippen molar-refractivity contribution in [2.45, 2.75) is 75.4 Å². The number of rotatable bonds is 9. The van der Waals surface area contributed by atoms with Crippen LogP contribution in [0.2, 0.25) is 5.02 Å². The first kappa shape index (κ1) is 27.6. The normalized spacial score (nSPS) is 15.3. The number of aromatic nitrogens is 2. The molecule has 1 aliphatic rings. The molecular formula is C29H39ClN6S. The van der Waals surface area contributed by atoms with E-state index in [1.165, 1.54) is 28.5 Å². The second-order valence-electron chi connectivity index (χ2n) is 10.6. The van der Waals surface area contributed by atoms with Gasteiger partial charge >= 0.3 is 0 Å². The first-order valence-corrected chi connectivity index (χ1v) is 14.3. The standard InChI is InChI=1S/C29H39ClN6S/c1-5-22-20(16-19(2)3)8-6-9-21(22)17-33-23-10-7-11-24(26(23)30)37-28-27(31)35-25(18-34-28)36-14-12-29(4,32)13-15-36/h6-11,18-19,33H,5,12-17,32H2,1-4H3,(H2,31,35). The Morgan fingerprint density at radius 2 is 1.84 bits per heavy atom. The van der Waals surface area contributed by atoms with Crippen LogP contribution >= 0.6 is 23.4 Å². The zero-order valence-electron chi connectivity index (χ0n) is 22.4. The molecule has 2 aromatic carbocycles. The summed E-state index contributed by atoms with van der Waals surface area (Å²) < 4.78 is 0. The average Bonchev–Trinajstić information content (AvgIpc) is 2.85. The van der Waals surface area contributed by atoms with E-state index < -0.39 is 0 Å². The van der Waals surface area contributed by atoms with E-state index in [4.69, 9.17) is 23.1 Å². The summed E-state index contributed by atoms with van der Waals surface area (Å²) in [6.07, 6.45) is 5.74. The molecule has 5 N–H and O–H groups in total. The maximum atomic E-state index is 6.84. The zero-order chi connectivity index (χ0) is 26.6. The minimum atomic E-state index is -0.115. The third kappa shape index (κ3) is 6.89. The van der Waals surface area contributed by atoms with Gasteiger partial charge in [0.25, 0.3) is 0 Å². The van der Waals surface area contributed by atoms with Crippen molar-refractivity contribution >= 4 is 40.7 Å². The summed E-state index contributed by atoms with van der Waals surface area (Å²) in [5.41, 5.74) is 17.6. The first-order valence-electron chi connectivity index (χ1n) is 13.1. The number of nitrogens with zero attached hydrogens (tertiary/aromatic N) is 3. The molecule has 1 aromatic heterocycles. The van der Waals surface area contributed by atoms with Crippen LogP contribution in [0.5, 0.6) is 0 Å². The van der Waals surface area contributed by atoms with Crippen LogP contribution in [-0.4, -0.2) is 28.6 Å². The predicted molar refractivity (Wildman–Crippen MR) is 158 cm³/mol. The Bertz CT molecular complexity index is 1220. The maximum absolute atomic E-state index is 6.84. The molecule has 0 saturated carbocycles. The summed E-state index contributed by atoms with van der Waals surface area (Å²) >= 11 is 8.28. The number of anilines is 3. The van der Waals surface area contributed by atoms with Crippen LogP contribution in [0.15, 0.2) is 52.5 Å². The van der Waals surface area contributed by atoms with Gasteiger partial charge in [0, 0.05) is 30.1 Å². The minimum Gasteiger partial charge on any atom is -0.381 e. The van der Waals surface area contributed by atoms with E-state index in [1.807, 2.05) is 18.2 Å². The summed E-state index contributed by atoms with van der Waals surface area (Å²) in [7, 11) is 0. The Morgan fingerprint density at radius 1 is 1.14 bits per heavy atom. The number of hydrogen-bond acceptors (Lipinski definition) is 7. The van der Waals surface area contributed by atoms with Gasteiger partial charge in [-0.15, -0.1) is 0 Å². The van der Waals surface area contributed by atoms with Gasteiger partial charge in [0.05, 0.1) is 16.9 Å². The summed E-state index contributed by atoms with van der Waals surface area (Å²) in [6.45, 7) is 11.3. The Hall–Kier alpha value is -2.48. The van der Waals surface area contributed by atoms with Crippen molar-refractivity contribution < 1.29 is 0 Å². The fraction of sp³-hybridized carbons (Fsp3) is 0.448. The smallest absolute Gasteiger partial charge is 0.158 e. The molecule has 8 heteroatoms. The molecule has 3 aromatic rings. The van der Waals surface area contributed by atoms with Gasteiger partial charge in [0.15, 0.2) is 5.82 Å². The number of hydrogen-bond donors (Lipinski definition) is 3. The van der Waals surface area contributed by atoms with Crippen molar-refractivity contribution in [2.75, 3.05) is 29.0 Å². The highest BCUT2D eigenvalue weighted by Gasteiger charge is 2.27. The fourth-order valence-electron chi connectivity index (χ4n) is 4.82. The monoisotopic (exact) mass is 538 g/mol. The molecule has 0 radical (unpaired) electrons. The Kier molecular flexibility index (Phi) is 8.88. The SMILES string of the molecule is CCc1c(CNc2cccc(Sc3ncc(N4CCC(C)(N)CC4)nc3N)c2Cl)cccc1CC(C)C. The summed E-state index contributed by atoms with van der Waals surface area (Å²) in [4.78, 5) is 12.4. The molecule has 0 atom stereocenters. The van der Waals surface area contributed by atoms with Gasteiger partial charge in [-0.25, -0.2) is 9.97 Å². The van der Waals surface area contributed by atoms with Crippen molar-refractivity contribution in [1.29, 1.82) is 0 Å². The fourth-order valence-corrected chi connectivity index (χ4v) is 5.94. The lowest BCUT2D eigenvalue weighted by atomic mass is 9.91. The quantitative estimate of drug-likeness (QED) is 0.284. The van der Waals surface area contributed by atoms with Gasteiger partial charge in [-0.2, -0.15) is 0 Å². The lowest BCUT2D eigenvalue weighted by molar-refractivity contribution is 0.363. The van der Waals surface area contributed by atoms with Crippen LogP contribution in [0.25, 0.3) is 0 Å². The number of nitrogens with two attached hydrogens (primary N) is 2. The van der Waals surface area contributed by atoms with Crippen LogP contribution in [0.1, 0.15) is 57.2 Å². The summed E-state index contributed by atoms with van der Waals surface area (Å²) in [5.74, 6) is 1.83. The molecule has 1 aliphatic heterocycles. The Morgan fingerprint density at radius 3 is 2.51 bits per heavy atom. The molecule has 0 spiro atoms. The molecule has 0 bridgehead atoms. The van der Waals surface area contributed by atoms with Crippen molar-refractivity contribution in [3.8, 4) is 0 Å². The van der Waals surface area contributed by atoms with E-state index in [0.717, 1.165) is 61.7 Å². The highest BCUT2D eigenvalue weighted by molar-refractivity contribution is 7.99. The number of nitrogen functional groups attached to an aromatic ring is 1. The third-order valence-corrected chi connectivity index (χ3v) is 8.56. The van der Waals surface area contributed by atoms with E-state index in [1.54, 1.807) is 6.20 Å². The van der Waals surface area contributed by atoms with Crippen LogP contribution in [0.4, 0.5) is 17.3 Å². The predicted octanol–water partition coefficient (Wildman–Crippen LogP) is 6.55. The third-order valence-electron chi connectivity index (χ3n) is 6.97. The van der Waals surface area contributed by atoms with Gasteiger partial charge in [-0.1, -0.05) is 68.4 Å². The van der Waals surface area contributed by atoms with E-state index in [-0.39, 0.29) is 5.54 Å². The van der Waals surface area contributed by atoms with Gasteiger partial charge in [-0.05, 0) is 67.3 Å². The lowest BCUT2D eigenvalue weighted by Gasteiger charge is -2.37. The van der Waals surface area contributed by atoms with Crippen LogP contribution < -0.4 is 21.7 Å². The maximum Gasteiger partial charge on any atom is 0.158 e. The number of piperidine rings is 1. The van der Waals surface area contributed by atoms with Crippen molar-refractivity contribution in [3.05, 3.63) is 64.3 Å². The largest absolute Gasteiger partial charge is 0.381 e. The minimum absolute atomic E-state index is 0.115. The van der Waals surface area contributed by atoms with Gasteiger partial charge < -0.3 is 21.7 Å². The lowest BCUT2D eigenvalue weighted by Crippen LogP contribution is -2.48. The van der Waals surface area contributed by atoms with Gasteiger partial charge in [-0.3, -0.25) is 0 Å². The topological polar surface area (TPSA) is 93.1 Å². The molecule has 0 unspecified atom stereocenters. The molecule has 37 heavy (non-hydrogen) atoms. The van der Waals surface area contributed by atoms with Crippen molar-refractivity contribution in [1.82, 2.24) is 9.97 Å². The molecule has 0 aliphatic carbocycles. The van der Waals surface area contributed by atoms with Crippen LogP contribution in [0, 0.1) is 5.92 Å². The Labute approximate surface area is 230 Å². The summed E-state index contributed by atoms with van der Waals surface area (Å²) in [5, 5.41) is 4.87. The highest BCUT2D eigenvalue weighted by atomic mass is 35.5. The molecule has 1 fully saturated rings. The molecule has 198 valence electrons. The van der Waals surface area contributed by atoms with Gasteiger partial charge in [0.1, 0.15) is 10.8 Å². The second-order valence-corrected chi connectivity index (χ2v) is 12.0. The molecule has 2 heterocycles. The van der Waals surface area contributed by atoms with Crippen LogP contribution in [0.3, 0.4) is 0 Å². The zero-order valence-corrected chi connectivity index (χ0v) is 23.9. The molecular weight excluding hydrogens is 500 g/mol. The average molecular weight is 539 g/mol. The molecule has 4 rings (SSSR count). The molecule has 1 saturated heterocycles. The van der Waals surface area contributed by atoms with E-state index in [9.17, 15) is 0 Å². The Balaban J connectivity index is 1.46. The second kappa shape index (κ2) is 11.9. The molecule has 0 amide bonds.